The fourth-order valence-corrected chi connectivity index (χ4v) is 2.14. The highest BCUT2D eigenvalue weighted by Gasteiger charge is 2.54. The summed E-state index contributed by atoms with van der Waals surface area (Å²) in [6.07, 6.45) is 1.27. The minimum atomic E-state index is -1.07. The first-order valence-electron chi connectivity index (χ1n) is 6.22. The van der Waals surface area contributed by atoms with Gasteiger partial charge in [0.1, 0.15) is 0 Å². The summed E-state index contributed by atoms with van der Waals surface area (Å²) in [4.78, 5) is 11.9. The van der Waals surface area contributed by atoms with Crippen molar-refractivity contribution >= 4 is 5.78 Å². The van der Waals surface area contributed by atoms with E-state index < -0.39 is 11.5 Å². The molecule has 4 nitrogen and oxygen atoms in total. The quantitative estimate of drug-likeness (QED) is 0.766. The molecule has 0 heterocycles. The number of hydrogen-bond donors (Lipinski definition) is 1. The Labute approximate surface area is 108 Å². The van der Waals surface area contributed by atoms with Crippen LogP contribution < -0.4 is 0 Å². The Balaban J connectivity index is 3.27. The van der Waals surface area contributed by atoms with Gasteiger partial charge in [-0.15, -0.1) is 0 Å². The van der Waals surface area contributed by atoms with E-state index in [0.29, 0.717) is 0 Å². The van der Waals surface area contributed by atoms with E-state index in [0.717, 1.165) is 0 Å². The molecule has 102 valence electrons. The SMILES string of the molecule is C=C[C@]1(OC(C)C)C(OC(C)C)=C(O)C(=O)[C@@H]1C. The molecule has 18 heavy (non-hydrogen) atoms. The van der Waals surface area contributed by atoms with Crippen molar-refractivity contribution in [3.05, 3.63) is 24.2 Å². The smallest absolute Gasteiger partial charge is 0.207 e. The van der Waals surface area contributed by atoms with Crippen LogP contribution in [0.1, 0.15) is 34.6 Å². The highest BCUT2D eigenvalue weighted by Crippen LogP contribution is 2.42. The number of aliphatic hydroxyl groups is 1. The molecule has 1 N–H and O–H groups in total. The largest absolute Gasteiger partial charge is 0.502 e. The Kier molecular flexibility index (Phi) is 4.22. The van der Waals surface area contributed by atoms with E-state index in [1.807, 2.05) is 27.7 Å². The molecule has 1 aliphatic rings. The Bertz CT molecular complexity index is 381. The average Bonchev–Trinajstić information content (AvgIpc) is 2.44. The van der Waals surface area contributed by atoms with Gasteiger partial charge in [-0.05, 0) is 27.7 Å². The van der Waals surface area contributed by atoms with Crippen molar-refractivity contribution in [3.63, 3.8) is 0 Å². The van der Waals surface area contributed by atoms with E-state index in [9.17, 15) is 9.90 Å². The second kappa shape index (κ2) is 5.14. The van der Waals surface area contributed by atoms with Crippen molar-refractivity contribution in [1.82, 2.24) is 0 Å². The Morgan fingerprint density at radius 1 is 1.33 bits per heavy atom. The van der Waals surface area contributed by atoms with Crippen LogP contribution in [0, 0.1) is 5.92 Å². The molecule has 0 fully saturated rings. The number of allylic oxidation sites excluding steroid dienone is 1. The van der Waals surface area contributed by atoms with Gasteiger partial charge in [-0.2, -0.15) is 0 Å². The second-order valence-electron chi connectivity index (χ2n) is 5.09. The molecule has 0 aliphatic heterocycles. The van der Waals surface area contributed by atoms with Crippen LogP contribution in [0.5, 0.6) is 0 Å². The van der Waals surface area contributed by atoms with Gasteiger partial charge in [-0.3, -0.25) is 4.79 Å². The summed E-state index contributed by atoms with van der Waals surface area (Å²) in [5, 5.41) is 9.93. The van der Waals surface area contributed by atoms with Crippen LogP contribution in [0.15, 0.2) is 24.2 Å². The molecule has 0 saturated carbocycles. The van der Waals surface area contributed by atoms with Crippen LogP contribution in [-0.2, 0) is 14.3 Å². The number of Topliss-reactive ketones (excluding diaryl/α,β-unsaturated/α-hetero) is 1. The number of hydrogen-bond acceptors (Lipinski definition) is 4. The van der Waals surface area contributed by atoms with Gasteiger partial charge in [0.05, 0.1) is 18.1 Å². The summed E-state index contributed by atoms with van der Waals surface area (Å²) in [6, 6.07) is 0. The lowest BCUT2D eigenvalue weighted by Gasteiger charge is -2.34. The zero-order valence-electron chi connectivity index (χ0n) is 11.7. The molecule has 0 unspecified atom stereocenters. The topological polar surface area (TPSA) is 55.8 Å². The Morgan fingerprint density at radius 2 is 1.89 bits per heavy atom. The fourth-order valence-electron chi connectivity index (χ4n) is 2.14. The second-order valence-corrected chi connectivity index (χ2v) is 5.09. The number of aliphatic hydroxyl groups excluding tert-OH is 1. The molecule has 2 atom stereocenters. The van der Waals surface area contributed by atoms with Crippen molar-refractivity contribution in [2.75, 3.05) is 0 Å². The Hall–Kier alpha value is -1.29. The summed E-state index contributed by atoms with van der Waals surface area (Å²) in [6.45, 7) is 12.8. The summed E-state index contributed by atoms with van der Waals surface area (Å²) in [5.41, 5.74) is -1.07. The predicted octanol–water partition coefficient (Wildman–Crippen LogP) is 2.75. The van der Waals surface area contributed by atoms with E-state index in [1.54, 1.807) is 6.92 Å². The number of rotatable bonds is 5. The third kappa shape index (κ3) is 2.29. The maximum Gasteiger partial charge on any atom is 0.207 e. The minimum absolute atomic E-state index is 0.116. The molecule has 0 aromatic heterocycles. The number of carbonyl (C=O) groups excluding carboxylic acids is 1. The average molecular weight is 254 g/mol. The van der Waals surface area contributed by atoms with Gasteiger partial charge in [-0.25, -0.2) is 0 Å². The first-order chi connectivity index (χ1) is 8.26. The van der Waals surface area contributed by atoms with Gasteiger partial charge in [0.2, 0.25) is 11.5 Å². The lowest BCUT2D eigenvalue weighted by molar-refractivity contribution is -0.128. The first kappa shape index (κ1) is 14.8. The van der Waals surface area contributed by atoms with E-state index in [4.69, 9.17) is 9.47 Å². The molecule has 1 aliphatic carbocycles. The number of ketones is 1. The van der Waals surface area contributed by atoms with Crippen LogP contribution in [0.3, 0.4) is 0 Å². The molecule has 1 rings (SSSR count). The van der Waals surface area contributed by atoms with E-state index in [1.165, 1.54) is 6.08 Å². The maximum atomic E-state index is 11.9. The molecule has 0 aromatic rings. The highest BCUT2D eigenvalue weighted by molar-refractivity contribution is 6.00. The highest BCUT2D eigenvalue weighted by atomic mass is 16.6. The van der Waals surface area contributed by atoms with E-state index >= 15 is 0 Å². The molecule has 0 bridgehead atoms. The summed E-state index contributed by atoms with van der Waals surface area (Å²) >= 11 is 0. The van der Waals surface area contributed by atoms with Crippen molar-refractivity contribution in [2.45, 2.75) is 52.4 Å². The third-order valence-electron chi connectivity index (χ3n) is 2.93. The van der Waals surface area contributed by atoms with Crippen molar-refractivity contribution < 1.29 is 19.4 Å². The van der Waals surface area contributed by atoms with Gasteiger partial charge >= 0.3 is 0 Å². The van der Waals surface area contributed by atoms with Crippen LogP contribution in [0.25, 0.3) is 0 Å². The van der Waals surface area contributed by atoms with Crippen LogP contribution in [0.4, 0.5) is 0 Å². The van der Waals surface area contributed by atoms with E-state index in [-0.39, 0.29) is 29.5 Å². The van der Waals surface area contributed by atoms with Gasteiger partial charge in [0.25, 0.3) is 0 Å². The van der Waals surface area contributed by atoms with Crippen molar-refractivity contribution in [2.24, 2.45) is 5.92 Å². The molecule has 0 spiro atoms. The minimum Gasteiger partial charge on any atom is -0.502 e. The van der Waals surface area contributed by atoms with E-state index in [2.05, 4.69) is 6.58 Å². The third-order valence-corrected chi connectivity index (χ3v) is 2.93. The van der Waals surface area contributed by atoms with Crippen LogP contribution in [-0.4, -0.2) is 28.7 Å². The normalized spacial score (nSPS) is 28.4. The molecular weight excluding hydrogens is 232 g/mol. The summed E-state index contributed by atoms with van der Waals surface area (Å²) in [7, 11) is 0. The first-order valence-corrected chi connectivity index (χ1v) is 6.22. The molecule has 0 amide bonds. The number of ether oxygens (including phenoxy) is 2. The van der Waals surface area contributed by atoms with Gasteiger partial charge in [0, 0.05) is 0 Å². The Morgan fingerprint density at radius 3 is 2.28 bits per heavy atom. The predicted molar refractivity (Wildman–Crippen MR) is 69.2 cm³/mol. The maximum absolute atomic E-state index is 11.9. The molecule has 0 aromatic carbocycles. The fraction of sp³-hybridized carbons (Fsp3) is 0.643. The van der Waals surface area contributed by atoms with Gasteiger partial charge < -0.3 is 14.6 Å². The van der Waals surface area contributed by atoms with Crippen molar-refractivity contribution in [3.8, 4) is 0 Å². The van der Waals surface area contributed by atoms with Crippen molar-refractivity contribution in [1.29, 1.82) is 0 Å². The van der Waals surface area contributed by atoms with Gasteiger partial charge in [-0.1, -0.05) is 19.6 Å². The molecular formula is C14H22O4. The standard InChI is InChI=1S/C14H22O4/c1-7-14(18-9(4)5)10(6)11(15)12(16)13(14)17-8(2)3/h7-10,16H,1H2,2-6H3/t10-,14+/m0/s1. The summed E-state index contributed by atoms with van der Waals surface area (Å²) in [5.74, 6) is -1.08. The lowest BCUT2D eigenvalue weighted by atomic mass is 9.90. The monoisotopic (exact) mass is 254 g/mol. The van der Waals surface area contributed by atoms with Crippen LogP contribution in [0.2, 0.25) is 0 Å². The van der Waals surface area contributed by atoms with Gasteiger partial charge in [0.15, 0.2) is 11.4 Å². The summed E-state index contributed by atoms with van der Waals surface area (Å²) < 4.78 is 11.4. The zero-order valence-corrected chi connectivity index (χ0v) is 11.7. The molecule has 0 radical (unpaired) electrons. The molecule has 4 heteroatoms. The number of carbonyl (C=O) groups is 1. The molecule has 0 saturated heterocycles. The van der Waals surface area contributed by atoms with Crippen LogP contribution >= 0.6 is 0 Å². The lowest BCUT2D eigenvalue weighted by Crippen LogP contribution is -2.41. The zero-order chi connectivity index (χ0) is 14.1.